The van der Waals surface area contributed by atoms with Gasteiger partial charge in [-0.15, -0.1) is 0 Å². The monoisotopic (exact) mass is 854 g/mol. The quantitative estimate of drug-likeness (QED) is 0.0196. The average molecular weight is 854 g/mol. The van der Waals surface area contributed by atoms with Gasteiger partial charge in [0.2, 0.25) is 0 Å². The summed E-state index contributed by atoms with van der Waals surface area (Å²) in [6.45, 7) is 4.49. The normalized spacial score (nSPS) is 13.7. The predicted molar refractivity (Wildman–Crippen MR) is 251 cm³/mol. The van der Waals surface area contributed by atoms with E-state index in [2.05, 4.69) is 86.8 Å². The zero-order chi connectivity index (χ0) is 44.9. The van der Waals surface area contributed by atoms with Crippen molar-refractivity contribution in [2.75, 3.05) is 47.5 Å². The highest BCUT2D eigenvalue weighted by atomic mass is 16.7. The summed E-state index contributed by atoms with van der Waals surface area (Å²) in [5.41, 5.74) is 0. The first-order valence-electron chi connectivity index (χ1n) is 23.7. The summed E-state index contributed by atoms with van der Waals surface area (Å²) in [5, 5.41) is 11.7. The summed E-state index contributed by atoms with van der Waals surface area (Å²) in [4.78, 5) is 37.0. The number of likely N-dealkylation sites (N-methyl/N-ethyl adjacent to an activating group) is 1. The SMILES string of the molecule is CC/C=C\C/C=C\C/C=C\C/C=C\CCC(=O)OC(COC(=O)CCCCCCCCCC/C=C\C/C=C\C/C=C\CCCCCCC)COC(OCC[N+](C)(C)C)C(=O)[O-]. The minimum atomic E-state index is -1.64. The molecule has 9 heteroatoms. The van der Waals surface area contributed by atoms with Crippen molar-refractivity contribution in [1.82, 2.24) is 0 Å². The van der Waals surface area contributed by atoms with Crippen molar-refractivity contribution in [2.24, 2.45) is 0 Å². The number of quaternary nitrogens is 1. The summed E-state index contributed by atoms with van der Waals surface area (Å²) in [5.74, 6) is -2.42. The fourth-order valence-corrected chi connectivity index (χ4v) is 5.97. The Morgan fingerprint density at radius 1 is 0.508 bits per heavy atom. The van der Waals surface area contributed by atoms with Crippen molar-refractivity contribution in [3.8, 4) is 0 Å². The van der Waals surface area contributed by atoms with Crippen LogP contribution in [0.25, 0.3) is 0 Å². The number of ether oxygens (including phenoxy) is 4. The largest absolute Gasteiger partial charge is 0.545 e. The fraction of sp³-hybridized carbons (Fsp3) is 0.673. The number of nitrogens with zero attached hydrogens (tertiary/aromatic N) is 1. The molecule has 2 atom stereocenters. The van der Waals surface area contributed by atoms with E-state index in [9.17, 15) is 19.5 Å². The molecule has 0 spiro atoms. The summed E-state index contributed by atoms with van der Waals surface area (Å²) < 4.78 is 22.4. The van der Waals surface area contributed by atoms with E-state index in [-0.39, 0.29) is 38.6 Å². The topological polar surface area (TPSA) is 111 Å². The van der Waals surface area contributed by atoms with Crippen LogP contribution >= 0.6 is 0 Å². The zero-order valence-corrected chi connectivity index (χ0v) is 39.2. The summed E-state index contributed by atoms with van der Waals surface area (Å²) in [6.07, 6.45) is 52.1. The Bertz CT molecular complexity index is 1270. The first-order valence-corrected chi connectivity index (χ1v) is 23.7. The van der Waals surface area contributed by atoms with Crippen LogP contribution in [0.3, 0.4) is 0 Å². The lowest BCUT2D eigenvalue weighted by Crippen LogP contribution is -2.44. The van der Waals surface area contributed by atoms with Gasteiger partial charge in [-0.2, -0.15) is 0 Å². The second-order valence-corrected chi connectivity index (χ2v) is 16.7. The van der Waals surface area contributed by atoms with Gasteiger partial charge in [0.1, 0.15) is 13.2 Å². The molecule has 0 radical (unpaired) electrons. The van der Waals surface area contributed by atoms with Crippen molar-refractivity contribution in [1.29, 1.82) is 0 Å². The molecular weight excluding hydrogens is 767 g/mol. The summed E-state index contributed by atoms with van der Waals surface area (Å²) in [6, 6.07) is 0. The van der Waals surface area contributed by atoms with Crippen molar-refractivity contribution in [3.05, 3.63) is 85.1 Å². The second-order valence-electron chi connectivity index (χ2n) is 16.7. The maximum Gasteiger partial charge on any atom is 0.306 e. The molecule has 0 saturated heterocycles. The highest BCUT2D eigenvalue weighted by molar-refractivity contribution is 5.70. The number of esters is 2. The molecule has 0 N–H and O–H groups in total. The van der Waals surface area contributed by atoms with Crippen LogP contribution in [0.2, 0.25) is 0 Å². The van der Waals surface area contributed by atoms with Gasteiger partial charge in [-0.25, -0.2) is 0 Å². The smallest absolute Gasteiger partial charge is 0.306 e. The molecular formula is C52H87NO8. The maximum atomic E-state index is 12.7. The van der Waals surface area contributed by atoms with Crippen LogP contribution in [0.1, 0.15) is 168 Å². The first-order chi connectivity index (χ1) is 29.6. The van der Waals surface area contributed by atoms with E-state index in [1.807, 2.05) is 33.3 Å². The standard InChI is InChI=1S/C52H87NO8/c1-6-8-10-12-14-16-18-20-21-22-23-24-25-26-27-28-29-31-32-34-36-38-40-42-49(54)59-46-48(47-60-52(51(56)57)58-45-44-53(3,4)5)61-50(55)43-41-39-37-35-33-30-19-17-15-13-11-9-7-2/h9,11,15,17-18,20,22-23,25-26,30,33,37,39,48,52H,6-8,10,12-14,16,19,21,24,27-29,31-32,34-36,38,40-47H2,1-5H3/b11-9-,17-15-,20-18-,23-22-,26-25-,33-30-,39-37-. The second kappa shape index (κ2) is 43.1. The van der Waals surface area contributed by atoms with Crippen molar-refractivity contribution in [2.45, 2.75) is 180 Å². The molecule has 9 nitrogen and oxygen atoms in total. The molecule has 348 valence electrons. The highest BCUT2D eigenvalue weighted by Crippen LogP contribution is 2.13. The van der Waals surface area contributed by atoms with Gasteiger partial charge < -0.3 is 33.3 Å². The van der Waals surface area contributed by atoms with Gasteiger partial charge in [0, 0.05) is 12.8 Å². The van der Waals surface area contributed by atoms with E-state index in [1.165, 1.54) is 64.2 Å². The molecule has 0 aliphatic carbocycles. The molecule has 0 aromatic heterocycles. The third kappa shape index (κ3) is 44.3. The molecule has 0 fully saturated rings. The van der Waals surface area contributed by atoms with E-state index in [1.54, 1.807) is 0 Å². The summed E-state index contributed by atoms with van der Waals surface area (Å²) in [7, 11) is 5.87. The summed E-state index contributed by atoms with van der Waals surface area (Å²) >= 11 is 0. The Morgan fingerprint density at radius 3 is 1.46 bits per heavy atom. The number of allylic oxidation sites excluding steroid dienone is 14. The maximum absolute atomic E-state index is 12.7. The lowest BCUT2D eigenvalue weighted by molar-refractivity contribution is -0.870. The fourth-order valence-electron chi connectivity index (χ4n) is 5.97. The zero-order valence-electron chi connectivity index (χ0n) is 39.2. The predicted octanol–water partition coefficient (Wildman–Crippen LogP) is 11.6. The van der Waals surface area contributed by atoms with Crippen molar-refractivity contribution in [3.63, 3.8) is 0 Å². The van der Waals surface area contributed by atoms with E-state index in [4.69, 9.17) is 18.9 Å². The third-order valence-corrected chi connectivity index (χ3v) is 9.64. The van der Waals surface area contributed by atoms with Crippen LogP contribution in [-0.4, -0.2) is 82.3 Å². The van der Waals surface area contributed by atoms with Crippen LogP contribution in [-0.2, 0) is 33.3 Å². The molecule has 0 bridgehead atoms. The van der Waals surface area contributed by atoms with Crippen LogP contribution in [0, 0.1) is 0 Å². The molecule has 0 aromatic rings. The lowest BCUT2D eigenvalue weighted by atomic mass is 10.1. The van der Waals surface area contributed by atoms with Gasteiger partial charge in [0.15, 0.2) is 12.4 Å². The number of carbonyl (C=O) groups excluding carboxylic acids is 3. The van der Waals surface area contributed by atoms with Gasteiger partial charge in [0.25, 0.3) is 0 Å². The molecule has 0 aliphatic rings. The molecule has 0 saturated carbocycles. The molecule has 0 aromatic carbocycles. The van der Waals surface area contributed by atoms with E-state index < -0.39 is 24.3 Å². The van der Waals surface area contributed by atoms with Crippen LogP contribution < -0.4 is 5.11 Å². The number of hydrogen-bond donors (Lipinski definition) is 0. The Labute approximate surface area is 372 Å². The van der Waals surface area contributed by atoms with Gasteiger partial charge in [0.05, 0.1) is 40.3 Å². The van der Waals surface area contributed by atoms with Crippen molar-refractivity contribution >= 4 is 17.9 Å². The number of unbranched alkanes of at least 4 members (excludes halogenated alkanes) is 13. The third-order valence-electron chi connectivity index (χ3n) is 9.64. The van der Waals surface area contributed by atoms with Gasteiger partial charge in [-0.3, -0.25) is 9.59 Å². The Morgan fingerprint density at radius 2 is 0.967 bits per heavy atom. The Kier molecular flexibility index (Phi) is 40.6. The number of hydrogen-bond acceptors (Lipinski definition) is 8. The van der Waals surface area contributed by atoms with E-state index in [0.717, 1.165) is 70.6 Å². The number of carboxylic acids is 1. The molecule has 61 heavy (non-hydrogen) atoms. The molecule has 2 unspecified atom stereocenters. The van der Waals surface area contributed by atoms with Crippen molar-refractivity contribution < 1.29 is 42.9 Å². The van der Waals surface area contributed by atoms with Gasteiger partial charge >= 0.3 is 11.9 Å². The van der Waals surface area contributed by atoms with Crippen LogP contribution in [0.15, 0.2) is 85.1 Å². The molecule has 0 amide bonds. The Balaban J connectivity index is 4.42. The molecule has 0 rings (SSSR count). The number of rotatable bonds is 42. The van der Waals surface area contributed by atoms with Gasteiger partial charge in [-0.1, -0.05) is 163 Å². The lowest BCUT2D eigenvalue weighted by Gasteiger charge is -2.26. The minimum absolute atomic E-state index is 0.120. The number of aliphatic carboxylic acids is 1. The number of carboxylic acid groups (broad SMARTS) is 1. The molecule has 0 heterocycles. The van der Waals surface area contributed by atoms with Crippen LogP contribution in [0.4, 0.5) is 0 Å². The van der Waals surface area contributed by atoms with E-state index in [0.29, 0.717) is 17.4 Å². The Hall–Kier alpha value is -3.53. The molecule has 0 aliphatic heterocycles. The minimum Gasteiger partial charge on any atom is -0.545 e. The highest BCUT2D eigenvalue weighted by Gasteiger charge is 2.21. The van der Waals surface area contributed by atoms with E-state index >= 15 is 0 Å². The number of carbonyl (C=O) groups is 3. The van der Waals surface area contributed by atoms with Gasteiger partial charge in [-0.05, 0) is 77.0 Å². The first kappa shape index (κ1) is 57.5. The van der Waals surface area contributed by atoms with Crippen LogP contribution in [0.5, 0.6) is 0 Å². The average Bonchev–Trinajstić information content (AvgIpc) is 3.22.